The Hall–Kier alpha value is -4.04. The highest BCUT2D eigenvalue weighted by molar-refractivity contribution is 6.23. The molecule has 0 aromatic heterocycles. The minimum Gasteiger partial charge on any atom is -0.273 e. The van der Waals surface area contributed by atoms with Crippen LogP contribution in [0.2, 0.25) is 0 Å². The number of carbonyl (C=O) groups is 2. The van der Waals surface area contributed by atoms with Crippen molar-refractivity contribution in [3.8, 4) is 0 Å². The van der Waals surface area contributed by atoms with Crippen molar-refractivity contribution in [2.75, 3.05) is 9.96 Å². The van der Waals surface area contributed by atoms with Gasteiger partial charge in [0, 0.05) is 12.1 Å². The molecule has 2 amide bonds. The number of anilines is 2. The number of hydroxylamine groups is 1. The predicted molar refractivity (Wildman–Crippen MR) is 117 cm³/mol. The summed E-state index contributed by atoms with van der Waals surface area (Å²) in [5.41, 5.74) is 2.80. The van der Waals surface area contributed by atoms with Gasteiger partial charge in [-0.05, 0) is 36.8 Å². The fourth-order valence-electron chi connectivity index (χ4n) is 4.29. The third-order valence-corrected chi connectivity index (χ3v) is 5.86. The third kappa shape index (κ3) is 3.12. The highest BCUT2D eigenvalue weighted by Gasteiger charge is 2.60. The number of hydrogen-bond donors (Lipinski definition) is 0. The Kier molecular flexibility index (Phi) is 4.71. The summed E-state index contributed by atoms with van der Waals surface area (Å²) in [6.45, 7) is 1.93. The number of aryl methyl sites for hydroxylation is 1. The van der Waals surface area contributed by atoms with E-state index in [-0.39, 0.29) is 11.6 Å². The number of benzene rings is 3. The number of imide groups is 1. The Morgan fingerprint density at radius 2 is 1.50 bits per heavy atom. The SMILES string of the molecule is Cc1ccc(N2C(=O)[C@H]3[C@@H](ON(c4ccccc4)[C@H]3c3ccc([N+](=O)[O-])cc3)C2=O)cc1. The topological polar surface area (TPSA) is 93.0 Å². The summed E-state index contributed by atoms with van der Waals surface area (Å²) < 4.78 is 0. The van der Waals surface area contributed by atoms with Crippen LogP contribution in [0.3, 0.4) is 0 Å². The van der Waals surface area contributed by atoms with Crippen molar-refractivity contribution in [3.63, 3.8) is 0 Å². The first-order chi connectivity index (χ1) is 15.5. The zero-order chi connectivity index (χ0) is 22.4. The largest absolute Gasteiger partial charge is 0.273 e. The first-order valence-corrected chi connectivity index (χ1v) is 10.2. The molecule has 2 aliphatic heterocycles. The Morgan fingerprint density at radius 1 is 0.844 bits per heavy atom. The van der Waals surface area contributed by atoms with Crippen LogP contribution >= 0.6 is 0 Å². The lowest BCUT2D eigenvalue weighted by Crippen LogP contribution is -2.37. The number of nitrogens with zero attached hydrogens (tertiary/aromatic N) is 3. The number of rotatable bonds is 4. The van der Waals surface area contributed by atoms with Crippen LogP contribution in [0.15, 0.2) is 78.9 Å². The van der Waals surface area contributed by atoms with E-state index in [0.29, 0.717) is 16.9 Å². The quantitative estimate of drug-likeness (QED) is 0.354. The zero-order valence-corrected chi connectivity index (χ0v) is 17.1. The molecule has 2 heterocycles. The zero-order valence-electron chi connectivity index (χ0n) is 17.1. The van der Waals surface area contributed by atoms with E-state index in [9.17, 15) is 19.7 Å². The van der Waals surface area contributed by atoms with Crippen molar-refractivity contribution in [2.45, 2.75) is 19.1 Å². The van der Waals surface area contributed by atoms with Gasteiger partial charge in [0.15, 0.2) is 6.10 Å². The van der Waals surface area contributed by atoms with Crippen LogP contribution in [0.25, 0.3) is 0 Å². The van der Waals surface area contributed by atoms with E-state index in [0.717, 1.165) is 5.56 Å². The minimum absolute atomic E-state index is 0.0504. The molecule has 160 valence electrons. The second-order valence-corrected chi connectivity index (χ2v) is 7.85. The fourth-order valence-corrected chi connectivity index (χ4v) is 4.29. The monoisotopic (exact) mass is 429 g/mol. The number of nitro groups is 1. The lowest BCUT2D eigenvalue weighted by Gasteiger charge is -2.28. The minimum atomic E-state index is -0.982. The van der Waals surface area contributed by atoms with E-state index in [2.05, 4.69) is 0 Å². The van der Waals surface area contributed by atoms with Gasteiger partial charge in [0.25, 0.3) is 11.6 Å². The van der Waals surface area contributed by atoms with E-state index < -0.39 is 28.9 Å². The molecule has 0 spiro atoms. The summed E-state index contributed by atoms with van der Waals surface area (Å²) in [4.78, 5) is 44.6. The number of fused-ring (bicyclic) bond motifs is 1. The van der Waals surface area contributed by atoms with Crippen LogP contribution in [-0.4, -0.2) is 22.8 Å². The van der Waals surface area contributed by atoms with Crippen molar-refractivity contribution in [2.24, 2.45) is 5.92 Å². The van der Waals surface area contributed by atoms with E-state index in [1.54, 1.807) is 29.3 Å². The molecule has 8 heteroatoms. The van der Waals surface area contributed by atoms with Gasteiger partial charge in [0.05, 0.1) is 22.3 Å². The summed E-state index contributed by atoms with van der Waals surface area (Å²) in [6.07, 6.45) is -0.982. The van der Waals surface area contributed by atoms with Crippen molar-refractivity contribution in [3.05, 3.63) is 100 Å². The molecule has 0 radical (unpaired) electrons. The van der Waals surface area contributed by atoms with Gasteiger partial charge in [-0.15, -0.1) is 0 Å². The van der Waals surface area contributed by atoms with Gasteiger partial charge in [0.1, 0.15) is 5.92 Å². The van der Waals surface area contributed by atoms with Crippen molar-refractivity contribution < 1.29 is 19.3 Å². The molecule has 0 saturated carbocycles. The second-order valence-electron chi connectivity index (χ2n) is 7.85. The molecule has 0 aliphatic carbocycles. The maximum atomic E-state index is 13.5. The van der Waals surface area contributed by atoms with Crippen LogP contribution in [0.4, 0.5) is 17.1 Å². The van der Waals surface area contributed by atoms with Crippen LogP contribution < -0.4 is 9.96 Å². The molecule has 3 atom stereocenters. The summed E-state index contributed by atoms with van der Waals surface area (Å²) in [7, 11) is 0. The van der Waals surface area contributed by atoms with Crippen LogP contribution in [0.1, 0.15) is 17.2 Å². The van der Waals surface area contributed by atoms with E-state index in [1.165, 1.54) is 17.0 Å². The van der Waals surface area contributed by atoms with E-state index >= 15 is 0 Å². The van der Waals surface area contributed by atoms with Gasteiger partial charge in [-0.25, -0.2) is 9.96 Å². The van der Waals surface area contributed by atoms with Crippen LogP contribution in [0, 0.1) is 23.0 Å². The maximum absolute atomic E-state index is 13.5. The Balaban J connectivity index is 1.57. The molecule has 0 bridgehead atoms. The Bertz CT molecular complexity index is 1190. The summed E-state index contributed by atoms with van der Waals surface area (Å²) in [6, 6.07) is 21.7. The summed E-state index contributed by atoms with van der Waals surface area (Å²) >= 11 is 0. The third-order valence-electron chi connectivity index (χ3n) is 5.86. The maximum Gasteiger partial charge on any atom is 0.269 e. The molecule has 0 N–H and O–H groups in total. The molecular formula is C24H19N3O5. The van der Waals surface area contributed by atoms with Gasteiger partial charge < -0.3 is 0 Å². The molecule has 8 nitrogen and oxygen atoms in total. The predicted octanol–water partition coefficient (Wildman–Crippen LogP) is 3.95. The van der Waals surface area contributed by atoms with Gasteiger partial charge in [-0.3, -0.25) is 24.5 Å². The summed E-state index contributed by atoms with van der Waals surface area (Å²) in [5.74, 6) is -1.56. The van der Waals surface area contributed by atoms with Gasteiger partial charge in [-0.2, -0.15) is 0 Å². The Labute approximate surface area is 183 Å². The highest BCUT2D eigenvalue weighted by Crippen LogP contribution is 2.47. The number of nitro benzene ring substituents is 1. The second kappa shape index (κ2) is 7.58. The molecule has 3 aromatic carbocycles. The van der Waals surface area contributed by atoms with Crippen molar-refractivity contribution in [1.29, 1.82) is 0 Å². The number of para-hydroxylation sites is 1. The lowest BCUT2D eigenvalue weighted by atomic mass is 9.90. The smallest absolute Gasteiger partial charge is 0.269 e. The lowest BCUT2D eigenvalue weighted by molar-refractivity contribution is -0.384. The number of amides is 2. The van der Waals surface area contributed by atoms with Crippen molar-refractivity contribution in [1.82, 2.24) is 0 Å². The molecule has 32 heavy (non-hydrogen) atoms. The number of carbonyl (C=O) groups excluding carboxylic acids is 2. The molecule has 5 rings (SSSR count). The normalized spacial score (nSPS) is 22.3. The van der Waals surface area contributed by atoms with Gasteiger partial charge >= 0.3 is 0 Å². The molecule has 2 aliphatic rings. The Morgan fingerprint density at radius 3 is 2.12 bits per heavy atom. The molecule has 2 fully saturated rings. The van der Waals surface area contributed by atoms with Crippen LogP contribution in [0.5, 0.6) is 0 Å². The molecule has 0 unspecified atom stereocenters. The number of hydrogen-bond acceptors (Lipinski definition) is 6. The van der Waals surface area contributed by atoms with E-state index in [1.807, 2.05) is 49.4 Å². The van der Waals surface area contributed by atoms with Gasteiger partial charge in [-0.1, -0.05) is 48.0 Å². The standard InChI is InChI=1S/C24H19N3O5/c1-15-7-11-17(12-8-15)25-23(28)20-21(16-9-13-19(14-10-16)27(30)31)26(32-22(20)24(25)29)18-5-3-2-4-6-18/h2-14,20-22H,1H3/t20-,21+,22-/m1/s1. The average molecular weight is 429 g/mol. The first-order valence-electron chi connectivity index (χ1n) is 10.2. The van der Waals surface area contributed by atoms with Gasteiger partial charge in [0.2, 0.25) is 5.91 Å². The number of non-ortho nitro benzene ring substituents is 1. The fraction of sp³-hybridized carbons (Fsp3) is 0.167. The molecular weight excluding hydrogens is 410 g/mol. The highest BCUT2D eigenvalue weighted by atomic mass is 16.7. The van der Waals surface area contributed by atoms with E-state index in [4.69, 9.17) is 4.84 Å². The summed E-state index contributed by atoms with van der Waals surface area (Å²) in [5, 5.41) is 12.7. The molecule has 3 aromatic rings. The average Bonchev–Trinajstić information content (AvgIpc) is 3.31. The van der Waals surface area contributed by atoms with Crippen LogP contribution in [-0.2, 0) is 14.4 Å². The molecule has 2 saturated heterocycles. The first kappa shape index (κ1) is 19.9. The van der Waals surface area contributed by atoms with Crippen molar-refractivity contribution >= 4 is 28.9 Å².